The zero-order valence-electron chi connectivity index (χ0n) is 14.3. The molecule has 0 saturated heterocycles. The summed E-state index contributed by atoms with van der Waals surface area (Å²) in [4.78, 5) is 26.9. The molecule has 1 atom stereocenters. The Kier molecular flexibility index (Phi) is 4.74. The lowest BCUT2D eigenvalue weighted by Gasteiger charge is -2.27. The van der Waals surface area contributed by atoms with E-state index in [0.29, 0.717) is 25.4 Å². The van der Waals surface area contributed by atoms with Gasteiger partial charge in [0.15, 0.2) is 0 Å². The van der Waals surface area contributed by atoms with Crippen LogP contribution in [0.1, 0.15) is 35.4 Å². The van der Waals surface area contributed by atoms with E-state index in [1.165, 1.54) is 25.6 Å². The van der Waals surface area contributed by atoms with E-state index in [-0.39, 0.29) is 11.8 Å². The summed E-state index contributed by atoms with van der Waals surface area (Å²) in [7, 11) is 0. The summed E-state index contributed by atoms with van der Waals surface area (Å²) in [5.41, 5.74) is 1.47. The molecule has 1 amide bonds. The van der Waals surface area contributed by atoms with Gasteiger partial charge < -0.3 is 14.2 Å². The van der Waals surface area contributed by atoms with E-state index in [1.54, 1.807) is 12.3 Å². The molecule has 4 rings (SSSR count). The number of imidazole rings is 1. The van der Waals surface area contributed by atoms with Crippen molar-refractivity contribution in [1.82, 2.24) is 24.4 Å². The quantitative estimate of drug-likeness (QED) is 0.828. The van der Waals surface area contributed by atoms with E-state index in [0.717, 1.165) is 24.8 Å². The maximum Gasteiger partial charge on any atom is 0.272 e. The predicted molar refractivity (Wildman–Crippen MR) is 90.6 cm³/mol. The minimum Gasteiger partial charge on any atom is -0.381 e. The molecule has 1 aliphatic carbocycles. The molecule has 0 aromatic carbocycles. The van der Waals surface area contributed by atoms with Crippen LogP contribution < -0.4 is 0 Å². The van der Waals surface area contributed by atoms with Gasteiger partial charge in [0.1, 0.15) is 12.0 Å². The van der Waals surface area contributed by atoms with Crippen molar-refractivity contribution in [3.8, 4) is 0 Å². The normalized spacial score (nSPS) is 20.6. The Morgan fingerprint density at radius 1 is 1.20 bits per heavy atom. The maximum absolute atomic E-state index is 12.8. The van der Waals surface area contributed by atoms with Crippen LogP contribution in [0, 0.1) is 11.8 Å². The first-order valence-corrected chi connectivity index (χ1v) is 8.91. The zero-order chi connectivity index (χ0) is 17.1. The molecule has 2 aliphatic rings. The van der Waals surface area contributed by atoms with Crippen LogP contribution in [-0.2, 0) is 17.8 Å². The molecule has 7 nitrogen and oxygen atoms in total. The molecule has 0 N–H and O–H groups in total. The fraction of sp³-hybridized carbons (Fsp3) is 0.556. The Bertz CT molecular complexity index is 713. The van der Waals surface area contributed by atoms with Gasteiger partial charge in [-0.2, -0.15) is 0 Å². The third-order valence-corrected chi connectivity index (χ3v) is 5.11. The van der Waals surface area contributed by atoms with E-state index < -0.39 is 0 Å². The number of amides is 1. The van der Waals surface area contributed by atoms with Crippen molar-refractivity contribution in [3.05, 3.63) is 42.5 Å². The SMILES string of the molecule is O=C(c1ccncn1)N1Cc2cncn2CC(COCC2CCC2)C1. The average molecular weight is 341 g/mol. The lowest BCUT2D eigenvalue weighted by Crippen LogP contribution is -2.36. The third kappa shape index (κ3) is 3.71. The third-order valence-electron chi connectivity index (χ3n) is 5.11. The first-order chi connectivity index (χ1) is 12.3. The number of aromatic nitrogens is 4. The molecule has 1 aliphatic heterocycles. The van der Waals surface area contributed by atoms with Gasteiger partial charge in [0, 0.05) is 38.0 Å². The number of rotatable bonds is 5. The van der Waals surface area contributed by atoms with Gasteiger partial charge in [-0.3, -0.25) is 4.79 Å². The van der Waals surface area contributed by atoms with Crippen molar-refractivity contribution in [2.75, 3.05) is 19.8 Å². The lowest BCUT2D eigenvalue weighted by molar-refractivity contribution is 0.0345. The highest BCUT2D eigenvalue weighted by Gasteiger charge is 2.27. The number of carbonyl (C=O) groups is 1. The highest BCUT2D eigenvalue weighted by atomic mass is 16.5. The number of hydrogen-bond donors (Lipinski definition) is 0. The summed E-state index contributed by atoms with van der Waals surface area (Å²) < 4.78 is 8.09. The number of fused-ring (bicyclic) bond motifs is 1. The monoisotopic (exact) mass is 341 g/mol. The molecule has 132 valence electrons. The molecule has 1 saturated carbocycles. The van der Waals surface area contributed by atoms with Gasteiger partial charge in [0.2, 0.25) is 0 Å². The summed E-state index contributed by atoms with van der Waals surface area (Å²) in [6.07, 6.45) is 10.6. The van der Waals surface area contributed by atoms with Gasteiger partial charge in [0.05, 0.1) is 25.2 Å². The van der Waals surface area contributed by atoms with E-state index in [4.69, 9.17) is 4.74 Å². The average Bonchev–Trinajstić information content (AvgIpc) is 2.95. The highest BCUT2D eigenvalue weighted by molar-refractivity contribution is 5.92. The minimum absolute atomic E-state index is 0.0685. The van der Waals surface area contributed by atoms with Gasteiger partial charge in [-0.25, -0.2) is 15.0 Å². The molecule has 2 aromatic rings. The standard InChI is InChI=1S/C18H23N5O2/c24-18(17-4-5-19-12-21-17)22-7-15(11-25-10-14-2-1-3-14)8-23-13-20-6-16(23)9-22/h4-6,12-15H,1-3,7-11H2. The smallest absolute Gasteiger partial charge is 0.272 e. The second-order valence-corrected chi connectivity index (χ2v) is 7.02. The Balaban J connectivity index is 1.45. The fourth-order valence-corrected chi connectivity index (χ4v) is 3.45. The van der Waals surface area contributed by atoms with Crippen molar-refractivity contribution in [2.45, 2.75) is 32.4 Å². The topological polar surface area (TPSA) is 73.1 Å². The molecule has 0 bridgehead atoms. The molecule has 7 heteroatoms. The molecule has 0 spiro atoms. The van der Waals surface area contributed by atoms with E-state index in [1.807, 2.05) is 17.4 Å². The first kappa shape index (κ1) is 16.2. The summed E-state index contributed by atoms with van der Waals surface area (Å²) in [5, 5.41) is 0. The largest absolute Gasteiger partial charge is 0.381 e. The number of nitrogens with zero attached hydrogens (tertiary/aromatic N) is 5. The fourth-order valence-electron chi connectivity index (χ4n) is 3.45. The van der Waals surface area contributed by atoms with Crippen LogP contribution in [0.3, 0.4) is 0 Å². The zero-order valence-corrected chi connectivity index (χ0v) is 14.3. The van der Waals surface area contributed by atoms with Crippen molar-refractivity contribution >= 4 is 5.91 Å². The van der Waals surface area contributed by atoms with Crippen LogP contribution in [0.25, 0.3) is 0 Å². The Labute approximate surface area is 147 Å². The van der Waals surface area contributed by atoms with Crippen LogP contribution in [0.15, 0.2) is 31.1 Å². The van der Waals surface area contributed by atoms with Crippen molar-refractivity contribution < 1.29 is 9.53 Å². The highest BCUT2D eigenvalue weighted by Crippen LogP contribution is 2.26. The van der Waals surface area contributed by atoms with Gasteiger partial charge in [-0.05, 0) is 24.8 Å². The second kappa shape index (κ2) is 7.31. The van der Waals surface area contributed by atoms with E-state index in [9.17, 15) is 4.79 Å². The molecule has 0 radical (unpaired) electrons. The van der Waals surface area contributed by atoms with Crippen LogP contribution in [-0.4, -0.2) is 50.1 Å². The summed E-state index contributed by atoms with van der Waals surface area (Å²) in [6.45, 7) is 3.54. The van der Waals surface area contributed by atoms with E-state index in [2.05, 4.69) is 19.5 Å². The van der Waals surface area contributed by atoms with Crippen LogP contribution in [0.2, 0.25) is 0 Å². The van der Waals surface area contributed by atoms with Gasteiger partial charge >= 0.3 is 0 Å². The van der Waals surface area contributed by atoms with Crippen LogP contribution in [0.4, 0.5) is 0 Å². The molecular weight excluding hydrogens is 318 g/mol. The number of hydrogen-bond acceptors (Lipinski definition) is 5. The van der Waals surface area contributed by atoms with E-state index >= 15 is 0 Å². The van der Waals surface area contributed by atoms with Gasteiger partial charge in [-0.15, -0.1) is 0 Å². The summed E-state index contributed by atoms with van der Waals surface area (Å²) in [6, 6.07) is 1.66. The molecule has 1 unspecified atom stereocenters. The number of ether oxygens (including phenoxy) is 1. The molecule has 2 aromatic heterocycles. The van der Waals surface area contributed by atoms with Gasteiger partial charge in [-0.1, -0.05) is 6.42 Å². The molecule has 25 heavy (non-hydrogen) atoms. The van der Waals surface area contributed by atoms with Crippen molar-refractivity contribution in [3.63, 3.8) is 0 Å². The summed E-state index contributed by atoms with van der Waals surface area (Å²) in [5.74, 6) is 0.913. The van der Waals surface area contributed by atoms with Crippen molar-refractivity contribution in [1.29, 1.82) is 0 Å². The molecule has 3 heterocycles. The molecule has 1 fully saturated rings. The lowest BCUT2D eigenvalue weighted by atomic mass is 9.86. The van der Waals surface area contributed by atoms with Crippen molar-refractivity contribution in [2.24, 2.45) is 11.8 Å². The Hall–Kier alpha value is -2.28. The second-order valence-electron chi connectivity index (χ2n) is 7.02. The predicted octanol–water partition coefficient (Wildman–Crippen LogP) is 1.76. The minimum atomic E-state index is -0.0685. The van der Waals surface area contributed by atoms with Gasteiger partial charge in [0.25, 0.3) is 5.91 Å². The van der Waals surface area contributed by atoms with Crippen LogP contribution >= 0.6 is 0 Å². The summed E-state index contributed by atoms with van der Waals surface area (Å²) >= 11 is 0. The Morgan fingerprint density at radius 3 is 2.84 bits per heavy atom. The molecular formula is C18H23N5O2. The maximum atomic E-state index is 12.8. The Morgan fingerprint density at radius 2 is 2.08 bits per heavy atom. The number of carbonyl (C=O) groups excluding carboxylic acids is 1. The van der Waals surface area contributed by atoms with Crippen LogP contribution in [0.5, 0.6) is 0 Å². The first-order valence-electron chi connectivity index (χ1n) is 8.91.